The molecule has 0 amide bonds. The largest absolute Gasteiger partial charge is 0.312 e. The highest BCUT2D eigenvalue weighted by molar-refractivity contribution is 7.12. The maximum atomic E-state index is 4.36. The van der Waals surface area contributed by atoms with Crippen molar-refractivity contribution in [1.29, 1.82) is 0 Å². The standard InChI is InChI=1S/C14H18N2S/c1-11-6-9-14(17-11)13(15-2)8-7-12-5-3-4-10-16-12/h3-6,9-10,13,15H,7-8H2,1-2H3. The fraction of sp³-hybridized carbons (Fsp3) is 0.357. The Hall–Kier alpha value is -1.19. The Morgan fingerprint density at radius 2 is 2.18 bits per heavy atom. The first-order chi connectivity index (χ1) is 8.29. The number of nitrogens with one attached hydrogen (secondary N) is 1. The van der Waals surface area contributed by atoms with E-state index >= 15 is 0 Å². The number of rotatable bonds is 5. The Morgan fingerprint density at radius 3 is 2.76 bits per heavy atom. The van der Waals surface area contributed by atoms with E-state index in [1.54, 1.807) is 0 Å². The fourth-order valence-electron chi connectivity index (χ4n) is 1.91. The normalized spacial score (nSPS) is 12.6. The number of nitrogens with zero attached hydrogens (tertiary/aromatic N) is 1. The van der Waals surface area contributed by atoms with Crippen LogP contribution in [0, 0.1) is 6.92 Å². The molecule has 0 saturated carbocycles. The molecule has 2 heterocycles. The molecule has 0 fully saturated rings. The number of pyridine rings is 1. The first kappa shape index (κ1) is 12.3. The minimum Gasteiger partial charge on any atom is -0.312 e. The Labute approximate surface area is 107 Å². The molecule has 2 aromatic rings. The molecule has 0 spiro atoms. The van der Waals surface area contributed by atoms with Gasteiger partial charge in [-0.3, -0.25) is 4.98 Å². The lowest BCUT2D eigenvalue weighted by atomic mass is 10.1. The highest BCUT2D eigenvalue weighted by Crippen LogP contribution is 2.25. The summed E-state index contributed by atoms with van der Waals surface area (Å²) in [6.45, 7) is 2.15. The van der Waals surface area contributed by atoms with Gasteiger partial charge in [0.15, 0.2) is 0 Å². The summed E-state index contributed by atoms with van der Waals surface area (Å²) < 4.78 is 0. The van der Waals surface area contributed by atoms with Crippen LogP contribution in [0.3, 0.4) is 0 Å². The summed E-state index contributed by atoms with van der Waals surface area (Å²) in [4.78, 5) is 7.15. The molecule has 0 aromatic carbocycles. The molecule has 2 aromatic heterocycles. The molecule has 0 aliphatic heterocycles. The van der Waals surface area contributed by atoms with Crippen molar-refractivity contribution in [2.24, 2.45) is 0 Å². The number of thiophene rings is 1. The molecule has 1 unspecified atom stereocenters. The van der Waals surface area contributed by atoms with Gasteiger partial charge in [-0.1, -0.05) is 6.07 Å². The molecular weight excluding hydrogens is 228 g/mol. The third-order valence-electron chi connectivity index (χ3n) is 2.87. The van der Waals surface area contributed by atoms with Crippen molar-refractivity contribution in [1.82, 2.24) is 10.3 Å². The van der Waals surface area contributed by atoms with Crippen LogP contribution in [-0.4, -0.2) is 12.0 Å². The predicted octanol–water partition coefficient (Wildman–Crippen LogP) is 3.34. The van der Waals surface area contributed by atoms with Gasteiger partial charge < -0.3 is 5.32 Å². The van der Waals surface area contributed by atoms with E-state index in [0.717, 1.165) is 12.8 Å². The smallest absolute Gasteiger partial charge is 0.0416 e. The summed E-state index contributed by atoms with van der Waals surface area (Å²) in [5, 5.41) is 3.38. The monoisotopic (exact) mass is 246 g/mol. The second kappa shape index (κ2) is 5.94. The lowest BCUT2D eigenvalue weighted by molar-refractivity contribution is 0.554. The molecule has 3 heteroatoms. The molecule has 0 bridgehead atoms. The van der Waals surface area contributed by atoms with Crippen molar-refractivity contribution in [3.63, 3.8) is 0 Å². The van der Waals surface area contributed by atoms with Crippen LogP contribution in [-0.2, 0) is 6.42 Å². The minimum atomic E-state index is 0.440. The van der Waals surface area contributed by atoms with E-state index in [9.17, 15) is 0 Å². The summed E-state index contributed by atoms with van der Waals surface area (Å²) in [6.07, 6.45) is 3.97. The van der Waals surface area contributed by atoms with Crippen molar-refractivity contribution < 1.29 is 0 Å². The molecule has 0 aliphatic rings. The molecule has 17 heavy (non-hydrogen) atoms. The second-order valence-electron chi connectivity index (χ2n) is 4.15. The zero-order chi connectivity index (χ0) is 12.1. The summed E-state index contributed by atoms with van der Waals surface area (Å²) in [7, 11) is 2.03. The number of hydrogen-bond donors (Lipinski definition) is 1. The van der Waals surface area contributed by atoms with Crippen LogP contribution in [0.2, 0.25) is 0 Å². The number of aromatic nitrogens is 1. The second-order valence-corrected chi connectivity index (χ2v) is 5.47. The quantitative estimate of drug-likeness (QED) is 0.875. The zero-order valence-electron chi connectivity index (χ0n) is 10.3. The van der Waals surface area contributed by atoms with Gasteiger partial charge >= 0.3 is 0 Å². The fourth-order valence-corrected chi connectivity index (χ4v) is 2.93. The molecule has 1 atom stereocenters. The SMILES string of the molecule is CNC(CCc1ccccn1)c1ccc(C)s1. The van der Waals surface area contributed by atoms with Gasteiger partial charge in [-0.15, -0.1) is 11.3 Å². The van der Waals surface area contributed by atoms with Gasteiger partial charge in [0.1, 0.15) is 0 Å². The van der Waals surface area contributed by atoms with Crippen molar-refractivity contribution in [2.75, 3.05) is 7.05 Å². The third kappa shape index (κ3) is 3.38. The lowest BCUT2D eigenvalue weighted by Gasteiger charge is -2.13. The maximum absolute atomic E-state index is 4.36. The van der Waals surface area contributed by atoms with Crippen LogP contribution in [0.5, 0.6) is 0 Å². The zero-order valence-corrected chi connectivity index (χ0v) is 11.1. The van der Waals surface area contributed by atoms with Crippen LogP contribution >= 0.6 is 11.3 Å². The molecule has 0 saturated heterocycles. The van der Waals surface area contributed by atoms with Gasteiger partial charge in [-0.2, -0.15) is 0 Å². The van der Waals surface area contributed by atoms with Crippen molar-refractivity contribution in [3.8, 4) is 0 Å². The average Bonchev–Trinajstić information content (AvgIpc) is 2.78. The van der Waals surface area contributed by atoms with Gasteiger partial charge in [-0.25, -0.2) is 0 Å². The van der Waals surface area contributed by atoms with Gasteiger partial charge in [0.25, 0.3) is 0 Å². The maximum Gasteiger partial charge on any atom is 0.0416 e. The topological polar surface area (TPSA) is 24.9 Å². The van der Waals surface area contributed by atoms with E-state index in [2.05, 4.69) is 35.4 Å². The van der Waals surface area contributed by atoms with Crippen molar-refractivity contribution >= 4 is 11.3 Å². The Morgan fingerprint density at radius 1 is 1.29 bits per heavy atom. The van der Waals surface area contributed by atoms with E-state index < -0.39 is 0 Å². The predicted molar refractivity (Wildman–Crippen MR) is 73.4 cm³/mol. The van der Waals surface area contributed by atoms with Crippen molar-refractivity contribution in [2.45, 2.75) is 25.8 Å². The van der Waals surface area contributed by atoms with E-state index in [0.29, 0.717) is 6.04 Å². The molecule has 0 aliphatic carbocycles. The molecule has 1 N–H and O–H groups in total. The summed E-state index contributed by atoms with van der Waals surface area (Å²) in [5.74, 6) is 0. The van der Waals surface area contributed by atoms with Crippen LogP contribution in [0.15, 0.2) is 36.5 Å². The van der Waals surface area contributed by atoms with Crippen molar-refractivity contribution in [3.05, 3.63) is 52.0 Å². The lowest BCUT2D eigenvalue weighted by Crippen LogP contribution is -2.16. The molecule has 0 radical (unpaired) electrons. The first-order valence-electron chi connectivity index (χ1n) is 5.93. The van der Waals surface area contributed by atoms with E-state index in [1.165, 1.54) is 15.4 Å². The number of aryl methyl sites for hydroxylation is 2. The minimum absolute atomic E-state index is 0.440. The van der Waals surface area contributed by atoms with Crippen LogP contribution in [0.4, 0.5) is 0 Å². The number of hydrogen-bond acceptors (Lipinski definition) is 3. The van der Waals surface area contributed by atoms with Gasteiger partial charge in [-0.05, 0) is 51.1 Å². The van der Waals surface area contributed by atoms with E-state index in [1.807, 2.05) is 36.7 Å². The van der Waals surface area contributed by atoms with Gasteiger partial charge in [0.05, 0.1) is 0 Å². The highest BCUT2D eigenvalue weighted by Gasteiger charge is 2.11. The Kier molecular flexibility index (Phi) is 4.29. The van der Waals surface area contributed by atoms with Gasteiger partial charge in [0, 0.05) is 27.7 Å². The summed E-state index contributed by atoms with van der Waals surface area (Å²) in [5.41, 5.74) is 1.17. The highest BCUT2D eigenvalue weighted by atomic mass is 32.1. The molecular formula is C14H18N2S. The van der Waals surface area contributed by atoms with Crippen LogP contribution < -0.4 is 5.32 Å². The van der Waals surface area contributed by atoms with Crippen LogP contribution in [0.25, 0.3) is 0 Å². The van der Waals surface area contributed by atoms with Gasteiger partial charge in [0.2, 0.25) is 0 Å². The van der Waals surface area contributed by atoms with Crippen LogP contribution in [0.1, 0.15) is 27.9 Å². The molecule has 90 valence electrons. The third-order valence-corrected chi connectivity index (χ3v) is 3.98. The van der Waals surface area contributed by atoms with E-state index in [4.69, 9.17) is 0 Å². The Balaban J connectivity index is 1.97. The molecule has 2 rings (SSSR count). The van der Waals surface area contributed by atoms with E-state index in [-0.39, 0.29) is 0 Å². The summed E-state index contributed by atoms with van der Waals surface area (Å²) in [6, 6.07) is 10.9. The summed E-state index contributed by atoms with van der Waals surface area (Å²) >= 11 is 1.87. The first-order valence-corrected chi connectivity index (χ1v) is 6.75. The Bertz CT molecular complexity index is 450. The average molecular weight is 246 g/mol. The molecule has 2 nitrogen and oxygen atoms in total.